The zero-order valence-electron chi connectivity index (χ0n) is 11.5. The zero-order chi connectivity index (χ0) is 14.2. The summed E-state index contributed by atoms with van der Waals surface area (Å²) in [7, 11) is 1.64. The van der Waals surface area contributed by atoms with Crippen molar-refractivity contribution in [2.75, 3.05) is 7.11 Å². The summed E-state index contributed by atoms with van der Waals surface area (Å²) in [4.78, 5) is 4.50. The van der Waals surface area contributed by atoms with Gasteiger partial charge in [0.25, 0.3) is 0 Å². The second kappa shape index (κ2) is 4.77. The van der Waals surface area contributed by atoms with Crippen molar-refractivity contribution in [3.05, 3.63) is 54.3 Å². The predicted octanol–water partition coefficient (Wildman–Crippen LogP) is 3.61. The van der Waals surface area contributed by atoms with Crippen LogP contribution in [0.5, 0.6) is 5.75 Å². The topological polar surface area (TPSA) is 61.3 Å². The molecular weight excluding hydrogens is 268 g/mol. The number of rotatable bonds is 4. The standard InChI is InChI=1S/C16H14N2O3/c1-19-11-6-4-10(5-7-11)15-17-16(21-18-15)13-9-12(13)14-3-2-8-20-14/h2-8,12-13H,9H2,1H3/t12-,13+/m1/s1. The Morgan fingerprint density at radius 3 is 2.71 bits per heavy atom. The van der Waals surface area contributed by atoms with Crippen molar-refractivity contribution in [1.82, 2.24) is 10.1 Å². The van der Waals surface area contributed by atoms with E-state index in [1.54, 1.807) is 13.4 Å². The Morgan fingerprint density at radius 1 is 1.14 bits per heavy atom. The molecule has 3 aromatic rings. The highest BCUT2D eigenvalue weighted by Crippen LogP contribution is 2.54. The van der Waals surface area contributed by atoms with Crippen molar-refractivity contribution in [3.8, 4) is 17.1 Å². The van der Waals surface area contributed by atoms with Gasteiger partial charge in [-0.2, -0.15) is 4.98 Å². The molecule has 0 amide bonds. The van der Waals surface area contributed by atoms with Gasteiger partial charge in [-0.05, 0) is 42.8 Å². The summed E-state index contributed by atoms with van der Waals surface area (Å²) >= 11 is 0. The van der Waals surface area contributed by atoms with E-state index in [1.807, 2.05) is 36.4 Å². The van der Waals surface area contributed by atoms with Gasteiger partial charge >= 0.3 is 0 Å². The fourth-order valence-electron chi connectivity index (χ4n) is 2.53. The Labute approximate surface area is 121 Å². The van der Waals surface area contributed by atoms with Crippen molar-refractivity contribution in [3.63, 3.8) is 0 Å². The lowest BCUT2D eigenvalue weighted by atomic mass is 10.2. The number of methoxy groups -OCH3 is 1. The third-order valence-corrected chi connectivity index (χ3v) is 3.81. The molecule has 1 fully saturated rings. The average Bonchev–Trinajstić information content (AvgIpc) is 2.97. The predicted molar refractivity (Wildman–Crippen MR) is 75.1 cm³/mol. The van der Waals surface area contributed by atoms with Crippen LogP contribution in [0.3, 0.4) is 0 Å². The van der Waals surface area contributed by atoms with E-state index in [9.17, 15) is 0 Å². The molecular formula is C16H14N2O3. The first kappa shape index (κ1) is 12.2. The fraction of sp³-hybridized carbons (Fsp3) is 0.250. The van der Waals surface area contributed by atoms with Crippen LogP contribution in [0.15, 0.2) is 51.6 Å². The van der Waals surface area contributed by atoms with Gasteiger partial charge in [-0.1, -0.05) is 5.16 Å². The quantitative estimate of drug-likeness (QED) is 0.731. The lowest BCUT2D eigenvalue weighted by Gasteiger charge is -1.98. The first-order valence-electron chi connectivity index (χ1n) is 6.86. The minimum Gasteiger partial charge on any atom is -0.497 e. The molecule has 2 aromatic heterocycles. The number of nitrogens with zero attached hydrogens (tertiary/aromatic N) is 2. The van der Waals surface area contributed by atoms with Crippen molar-refractivity contribution >= 4 is 0 Å². The lowest BCUT2D eigenvalue weighted by molar-refractivity contribution is 0.376. The van der Waals surface area contributed by atoms with E-state index in [1.165, 1.54) is 0 Å². The number of hydrogen-bond acceptors (Lipinski definition) is 5. The Hall–Kier alpha value is -2.56. The van der Waals surface area contributed by atoms with Gasteiger partial charge in [-0.25, -0.2) is 0 Å². The monoisotopic (exact) mass is 282 g/mol. The normalized spacial score (nSPS) is 20.4. The van der Waals surface area contributed by atoms with Crippen molar-refractivity contribution in [1.29, 1.82) is 0 Å². The average molecular weight is 282 g/mol. The molecule has 0 spiro atoms. The van der Waals surface area contributed by atoms with Crippen LogP contribution >= 0.6 is 0 Å². The van der Waals surface area contributed by atoms with Crippen LogP contribution in [-0.2, 0) is 0 Å². The number of furan rings is 1. The summed E-state index contributed by atoms with van der Waals surface area (Å²) < 4.78 is 16.0. The molecule has 0 saturated heterocycles. The van der Waals surface area contributed by atoms with Gasteiger partial charge in [-0.15, -0.1) is 0 Å². The summed E-state index contributed by atoms with van der Waals surface area (Å²) in [6.07, 6.45) is 2.69. The molecule has 0 radical (unpaired) electrons. The van der Waals surface area contributed by atoms with Crippen LogP contribution < -0.4 is 4.74 Å². The van der Waals surface area contributed by atoms with E-state index >= 15 is 0 Å². The Morgan fingerprint density at radius 2 is 2.00 bits per heavy atom. The molecule has 1 aliphatic carbocycles. The maximum atomic E-state index is 5.42. The van der Waals surface area contributed by atoms with E-state index in [0.717, 1.165) is 23.5 Å². The van der Waals surface area contributed by atoms with Crippen LogP contribution in [0, 0.1) is 0 Å². The molecule has 0 unspecified atom stereocenters. The second-order valence-corrected chi connectivity index (χ2v) is 5.15. The van der Waals surface area contributed by atoms with Gasteiger partial charge in [0.2, 0.25) is 11.7 Å². The molecule has 1 aliphatic rings. The highest BCUT2D eigenvalue weighted by molar-refractivity contribution is 5.55. The smallest absolute Gasteiger partial charge is 0.230 e. The highest BCUT2D eigenvalue weighted by atomic mass is 16.5. The van der Waals surface area contributed by atoms with Crippen molar-refractivity contribution in [2.45, 2.75) is 18.3 Å². The van der Waals surface area contributed by atoms with Gasteiger partial charge in [-0.3, -0.25) is 0 Å². The van der Waals surface area contributed by atoms with Gasteiger partial charge < -0.3 is 13.7 Å². The fourth-order valence-corrected chi connectivity index (χ4v) is 2.53. The van der Waals surface area contributed by atoms with E-state index in [2.05, 4.69) is 10.1 Å². The van der Waals surface area contributed by atoms with Crippen LogP contribution in [-0.4, -0.2) is 17.3 Å². The first-order valence-corrected chi connectivity index (χ1v) is 6.86. The molecule has 4 rings (SSSR count). The maximum absolute atomic E-state index is 5.42. The summed E-state index contributed by atoms with van der Waals surface area (Å²) in [6.45, 7) is 0. The van der Waals surface area contributed by atoms with Crippen molar-refractivity contribution in [2.24, 2.45) is 0 Å². The van der Waals surface area contributed by atoms with E-state index < -0.39 is 0 Å². The molecule has 21 heavy (non-hydrogen) atoms. The SMILES string of the molecule is COc1ccc(-c2noc([C@H]3C[C@H]3c3ccco3)n2)cc1. The van der Waals surface area contributed by atoms with Crippen molar-refractivity contribution < 1.29 is 13.7 Å². The third-order valence-electron chi connectivity index (χ3n) is 3.81. The second-order valence-electron chi connectivity index (χ2n) is 5.15. The van der Waals surface area contributed by atoms with E-state index in [-0.39, 0.29) is 5.92 Å². The van der Waals surface area contributed by atoms with E-state index in [4.69, 9.17) is 13.7 Å². The molecule has 1 aromatic carbocycles. The minimum absolute atomic E-state index is 0.274. The lowest BCUT2D eigenvalue weighted by Crippen LogP contribution is -1.85. The molecule has 106 valence electrons. The minimum atomic E-state index is 0.274. The van der Waals surface area contributed by atoms with Crippen LogP contribution in [0.25, 0.3) is 11.4 Å². The summed E-state index contributed by atoms with van der Waals surface area (Å²) in [5.41, 5.74) is 0.918. The van der Waals surface area contributed by atoms with Gasteiger partial charge in [0.15, 0.2) is 0 Å². The summed E-state index contributed by atoms with van der Waals surface area (Å²) in [6, 6.07) is 11.5. The summed E-state index contributed by atoms with van der Waals surface area (Å²) in [5, 5.41) is 4.06. The largest absolute Gasteiger partial charge is 0.497 e. The zero-order valence-corrected chi connectivity index (χ0v) is 11.5. The highest BCUT2D eigenvalue weighted by Gasteiger charge is 2.45. The number of hydrogen-bond donors (Lipinski definition) is 0. The molecule has 2 atom stereocenters. The Bertz CT molecular complexity index is 731. The van der Waals surface area contributed by atoms with Crippen LogP contribution in [0.1, 0.15) is 29.9 Å². The van der Waals surface area contributed by atoms with Gasteiger partial charge in [0.05, 0.1) is 13.4 Å². The van der Waals surface area contributed by atoms with Crippen LogP contribution in [0.4, 0.5) is 0 Å². The first-order chi connectivity index (χ1) is 10.3. The molecule has 1 saturated carbocycles. The third kappa shape index (κ3) is 2.20. The maximum Gasteiger partial charge on any atom is 0.230 e. The number of benzene rings is 1. The molecule has 0 aliphatic heterocycles. The van der Waals surface area contributed by atoms with Crippen LogP contribution in [0.2, 0.25) is 0 Å². The van der Waals surface area contributed by atoms with Gasteiger partial charge in [0.1, 0.15) is 11.5 Å². The van der Waals surface area contributed by atoms with E-state index in [0.29, 0.717) is 17.6 Å². The molecule has 0 bridgehead atoms. The number of ether oxygens (including phenoxy) is 1. The van der Waals surface area contributed by atoms with Gasteiger partial charge in [0, 0.05) is 17.4 Å². The molecule has 5 heteroatoms. The Kier molecular flexibility index (Phi) is 2.77. The summed E-state index contributed by atoms with van der Waals surface area (Å²) in [5.74, 6) is 3.73. The Balaban J connectivity index is 1.53. The molecule has 0 N–H and O–H groups in total. The number of aromatic nitrogens is 2. The molecule has 5 nitrogen and oxygen atoms in total. The molecule has 2 heterocycles.